The van der Waals surface area contributed by atoms with Crippen LogP contribution in [-0.2, 0) is 4.79 Å². The maximum atomic E-state index is 11.9. The van der Waals surface area contributed by atoms with Crippen LogP contribution in [0.1, 0.15) is 11.1 Å². The molecule has 0 aliphatic rings. The SMILES string of the molecule is Cc1ccc2nc(NC(=O)COc3ccc(C#N)cc3)sc2c1. The van der Waals surface area contributed by atoms with E-state index in [9.17, 15) is 4.79 Å². The molecule has 3 aromatic rings. The second-order valence-electron chi connectivity index (χ2n) is 4.96. The van der Waals surface area contributed by atoms with Gasteiger partial charge in [0, 0.05) is 0 Å². The third-order valence-electron chi connectivity index (χ3n) is 3.14. The molecular weight excluding hydrogens is 310 g/mol. The summed E-state index contributed by atoms with van der Waals surface area (Å²) in [6, 6.07) is 14.6. The van der Waals surface area contributed by atoms with Gasteiger partial charge in [-0.25, -0.2) is 4.98 Å². The second kappa shape index (κ2) is 6.46. The smallest absolute Gasteiger partial charge is 0.264 e. The standard InChI is InChI=1S/C17H13N3O2S/c1-11-2-7-14-15(8-11)23-17(19-14)20-16(21)10-22-13-5-3-12(9-18)4-6-13/h2-8H,10H2,1H3,(H,19,20,21). The summed E-state index contributed by atoms with van der Waals surface area (Å²) in [4.78, 5) is 16.3. The van der Waals surface area contributed by atoms with Crippen molar-refractivity contribution in [3.05, 3.63) is 53.6 Å². The fraction of sp³-hybridized carbons (Fsp3) is 0.118. The lowest BCUT2D eigenvalue weighted by atomic mass is 10.2. The summed E-state index contributed by atoms with van der Waals surface area (Å²) in [5.74, 6) is 0.268. The Balaban J connectivity index is 1.60. The minimum atomic E-state index is -0.273. The van der Waals surface area contributed by atoms with Gasteiger partial charge in [-0.15, -0.1) is 0 Å². The first-order valence-corrected chi connectivity index (χ1v) is 7.76. The first-order valence-electron chi connectivity index (χ1n) is 6.94. The fourth-order valence-corrected chi connectivity index (χ4v) is 3.00. The highest BCUT2D eigenvalue weighted by Crippen LogP contribution is 2.26. The predicted molar refractivity (Wildman–Crippen MR) is 89.6 cm³/mol. The monoisotopic (exact) mass is 323 g/mol. The van der Waals surface area contributed by atoms with Crippen LogP contribution in [0.4, 0.5) is 5.13 Å². The molecule has 5 nitrogen and oxygen atoms in total. The summed E-state index contributed by atoms with van der Waals surface area (Å²) in [5.41, 5.74) is 2.57. The molecule has 1 aromatic heterocycles. The number of benzene rings is 2. The number of ether oxygens (including phenoxy) is 1. The Hall–Kier alpha value is -2.91. The van der Waals surface area contributed by atoms with Crippen molar-refractivity contribution in [2.75, 3.05) is 11.9 Å². The number of nitrogens with one attached hydrogen (secondary N) is 1. The normalized spacial score (nSPS) is 10.3. The van der Waals surface area contributed by atoms with Crippen molar-refractivity contribution < 1.29 is 9.53 Å². The molecular formula is C17H13N3O2S. The summed E-state index contributed by atoms with van der Waals surface area (Å²) in [5, 5.41) is 12.0. The maximum Gasteiger partial charge on any atom is 0.264 e. The van der Waals surface area contributed by atoms with E-state index in [1.54, 1.807) is 24.3 Å². The zero-order valence-corrected chi connectivity index (χ0v) is 13.2. The van der Waals surface area contributed by atoms with Crippen LogP contribution in [0.5, 0.6) is 5.75 Å². The van der Waals surface area contributed by atoms with Gasteiger partial charge in [-0.2, -0.15) is 5.26 Å². The average molecular weight is 323 g/mol. The average Bonchev–Trinajstić information content (AvgIpc) is 2.94. The van der Waals surface area contributed by atoms with Crippen LogP contribution in [0, 0.1) is 18.3 Å². The number of hydrogen-bond acceptors (Lipinski definition) is 5. The third kappa shape index (κ3) is 3.65. The molecule has 23 heavy (non-hydrogen) atoms. The van der Waals surface area contributed by atoms with Crippen molar-refractivity contribution in [3.8, 4) is 11.8 Å². The van der Waals surface area contributed by atoms with Gasteiger partial charge >= 0.3 is 0 Å². The lowest BCUT2D eigenvalue weighted by molar-refractivity contribution is -0.118. The third-order valence-corrected chi connectivity index (χ3v) is 4.08. The van der Waals surface area contributed by atoms with E-state index in [0.29, 0.717) is 16.4 Å². The number of nitrogens with zero attached hydrogens (tertiary/aromatic N) is 2. The van der Waals surface area contributed by atoms with Crippen molar-refractivity contribution >= 4 is 32.6 Å². The van der Waals surface area contributed by atoms with Crippen LogP contribution in [0.25, 0.3) is 10.2 Å². The lowest BCUT2D eigenvalue weighted by Gasteiger charge is -2.05. The number of carbonyl (C=O) groups is 1. The first kappa shape index (κ1) is 15.0. The summed E-state index contributed by atoms with van der Waals surface area (Å²) < 4.78 is 6.42. The van der Waals surface area contributed by atoms with E-state index in [1.165, 1.54) is 11.3 Å². The summed E-state index contributed by atoms with van der Waals surface area (Å²) in [6.07, 6.45) is 0. The van der Waals surface area contributed by atoms with Gasteiger partial charge in [0.25, 0.3) is 5.91 Å². The van der Waals surface area contributed by atoms with Gasteiger partial charge < -0.3 is 4.74 Å². The molecule has 0 atom stereocenters. The molecule has 1 N–H and O–H groups in total. The van der Waals surface area contributed by atoms with Crippen molar-refractivity contribution in [3.63, 3.8) is 0 Å². The molecule has 3 rings (SSSR count). The highest BCUT2D eigenvalue weighted by Gasteiger charge is 2.08. The van der Waals surface area contributed by atoms with E-state index < -0.39 is 0 Å². The number of nitriles is 1. The number of amides is 1. The van der Waals surface area contributed by atoms with Crippen LogP contribution in [0.2, 0.25) is 0 Å². The number of anilines is 1. The van der Waals surface area contributed by atoms with Crippen molar-refractivity contribution in [1.82, 2.24) is 4.98 Å². The Kier molecular flexibility index (Phi) is 4.22. The van der Waals surface area contributed by atoms with Gasteiger partial charge in [-0.05, 0) is 48.9 Å². The molecule has 0 unspecified atom stereocenters. The molecule has 1 heterocycles. The minimum Gasteiger partial charge on any atom is -0.484 e. The van der Waals surface area contributed by atoms with E-state index in [4.69, 9.17) is 10.00 Å². The molecule has 0 aliphatic carbocycles. The molecule has 0 radical (unpaired) electrons. The molecule has 0 aliphatic heterocycles. The fourth-order valence-electron chi connectivity index (χ4n) is 2.02. The molecule has 0 saturated carbocycles. The largest absolute Gasteiger partial charge is 0.484 e. The highest BCUT2D eigenvalue weighted by atomic mass is 32.1. The quantitative estimate of drug-likeness (QED) is 0.797. The van der Waals surface area contributed by atoms with Crippen LogP contribution < -0.4 is 10.1 Å². The van der Waals surface area contributed by atoms with Gasteiger partial charge in [0.05, 0.1) is 21.8 Å². The second-order valence-corrected chi connectivity index (χ2v) is 5.99. The van der Waals surface area contributed by atoms with Crippen LogP contribution in [-0.4, -0.2) is 17.5 Å². The first-order chi connectivity index (χ1) is 11.1. The van der Waals surface area contributed by atoms with E-state index in [0.717, 1.165) is 15.8 Å². The zero-order chi connectivity index (χ0) is 16.2. The Morgan fingerprint density at radius 2 is 2.09 bits per heavy atom. The lowest BCUT2D eigenvalue weighted by Crippen LogP contribution is -2.19. The van der Waals surface area contributed by atoms with E-state index in [1.807, 2.05) is 31.2 Å². The Morgan fingerprint density at radius 1 is 1.30 bits per heavy atom. The number of aryl methyl sites for hydroxylation is 1. The summed E-state index contributed by atoms with van der Waals surface area (Å²) in [6.45, 7) is 1.91. The van der Waals surface area contributed by atoms with Gasteiger partial charge in [0.2, 0.25) is 0 Å². The van der Waals surface area contributed by atoms with E-state index in [2.05, 4.69) is 10.3 Å². The molecule has 2 aromatic carbocycles. The van der Waals surface area contributed by atoms with Crippen molar-refractivity contribution in [2.24, 2.45) is 0 Å². The van der Waals surface area contributed by atoms with E-state index >= 15 is 0 Å². The molecule has 114 valence electrons. The molecule has 6 heteroatoms. The van der Waals surface area contributed by atoms with Gasteiger partial charge in [-0.1, -0.05) is 17.4 Å². The highest BCUT2D eigenvalue weighted by molar-refractivity contribution is 7.22. The minimum absolute atomic E-state index is 0.110. The van der Waals surface area contributed by atoms with Gasteiger partial charge in [0.1, 0.15) is 5.75 Å². The number of aromatic nitrogens is 1. The Morgan fingerprint density at radius 3 is 2.83 bits per heavy atom. The van der Waals surface area contributed by atoms with Crippen LogP contribution in [0.15, 0.2) is 42.5 Å². The Labute approximate surface area is 137 Å². The number of fused-ring (bicyclic) bond motifs is 1. The van der Waals surface area contributed by atoms with Crippen LogP contribution >= 0.6 is 11.3 Å². The summed E-state index contributed by atoms with van der Waals surface area (Å²) in [7, 11) is 0. The summed E-state index contributed by atoms with van der Waals surface area (Å²) >= 11 is 1.43. The number of thiazole rings is 1. The molecule has 0 saturated heterocycles. The number of hydrogen-bond donors (Lipinski definition) is 1. The molecule has 0 fully saturated rings. The number of carbonyl (C=O) groups excluding carboxylic acids is 1. The Bertz CT molecular complexity index is 894. The van der Waals surface area contributed by atoms with E-state index in [-0.39, 0.29) is 12.5 Å². The zero-order valence-electron chi connectivity index (χ0n) is 12.4. The van der Waals surface area contributed by atoms with Gasteiger partial charge in [0.15, 0.2) is 11.7 Å². The maximum absolute atomic E-state index is 11.9. The number of rotatable bonds is 4. The van der Waals surface area contributed by atoms with Gasteiger partial charge in [-0.3, -0.25) is 10.1 Å². The van der Waals surface area contributed by atoms with Crippen molar-refractivity contribution in [1.29, 1.82) is 5.26 Å². The topological polar surface area (TPSA) is 75.0 Å². The predicted octanol–water partition coefficient (Wildman–Crippen LogP) is 3.49. The van der Waals surface area contributed by atoms with Crippen molar-refractivity contribution in [2.45, 2.75) is 6.92 Å². The molecule has 1 amide bonds. The molecule has 0 bridgehead atoms. The molecule has 0 spiro atoms. The van der Waals surface area contributed by atoms with Crippen LogP contribution in [0.3, 0.4) is 0 Å².